The van der Waals surface area contributed by atoms with E-state index in [0.29, 0.717) is 6.04 Å². The van der Waals surface area contributed by atoms with Gasteiger partial charge in [0.1, 0.15) is 0 Å². The second-order valence-corrected chi connectivity index (χ2v) is 4.13. The minimum absolute atomic E-state index is 0.415. The molecule has 0 heterocycles. The van der Waals surface area contributed by atoms with Crippen LogP contribution < -0.4 is 0 Å². The Morgan fingerprint density at radius 2 is 2.21 bits per heavy atom. The van der Waals surface area contributed by atoms with E-state index in [9.17, 15) is 0 Å². The summed E-state index contributed by atoms with van der Waals surface area (Å²) in [6.45, 7) is 2.19. The summed E-state index contributed by atoms with van der Waals surface area (Å²) >= 11 is 0. The molecule has 0 N–H and O–H groups in total. The zero-order chi connectivity index (χ0) is 10.4. The standard InChI is InChI=1S/C13H21N/c1-4-13(14(2)3)11-10-12-8-6-5-7-9-12/h8,13H,4-7,9H2,1-3H3. The van der Waals surface area contributed by atoms with E-state index in [1.807, 2.05) is 0 Å². The maximum absolute atomic E-state index is 3.35. The maximum Gasteiger partial charge on any atom is 0.0710 e. The molecule has 0 spiro atoms. The number of allylic oxidation sites excluding steroid dienone is 2. The van der Waals surface area contributed by atoms with Crippen molar-refractivity contribution in [2.45, 2.75) is 45.1 Å². The van der Waals surface area contributed by atoms with Crippen molar-refractivity contribution in [2.24, 2.45) is 0 Å². The molecule has 0 amide bonds. The van der Waals surface area contributed by atoms with Gasteiger partial charge in [0.15, 0.2) is 0 Å². The highest BCUT2D eigenvalue weighted by atomic mass is 15.1. The monoisotopic (exact) mass is 191 g/mol. The quantitative estimate of drug-likeness (QED) is 0.607. The Balaban J connectivity index is 2.55. The van der Waals surface area contributed by atoms with Crippen LogP contribution in [0.25, 0.3) is 0 Å². The molecule has 0 bridgehead atoms. The molecule has 1 aliphatic rings. The predicted molar refractivity (Wildman–Crippen MR) is 62.1 cm³/mol. The lowest BCUT2D eigenvalue weighted by Crippen LogP contribution is -2.25. The molecule has 0 radical (unpaired) electrons. The number of hydrogen-bond acceptors (Lipinski definition) is 1. The van der Waals surface area contributed by atoms with Crippen molar-refractivity contribution in [3.63, 3.8) is 0 Å². The summed E-state index contributed by atoms with van der Waals surface area (Å²) in [4.78, 5) is 2.19. The van der Waals surface area contributed by atoms with Crippen molar-refractivity contribution in [2.75, 3.05) is 14.1 Å². The van der Waals surface area contributed by atoms with E-state index in [4.69, 9.17) is 0 Å². The molecule has 0 fully saturated rings. The van der Waals surface area contributed by atoms with E-state index in [2.05, 4.69) is 43.8 Å². The average Bonchev–Trinajstić information content (AvgIpc) is 2.20. The highest BCUT2D eigenvalue weighted by Crippen LogP contribution is 2.16. The fourth-order valence-electron chi connectivity index (χ4n) is 1.72. The zero-order valence-corrected chi connectivity index (χ0v) is 9.64. The van der Waals surface area contributed by atoms with Crippen LogP contribution in [0.4, 0.5) is 0 Å². The van der Waals surface area contributed by atoms with Gasteiger partial charge in [0.05, 0.1) is 6.04 Å². The molecule has 0 saturated carbocycles. The van der Waals surface area contributed by atoms with Gasteiger partial charge >= 0.3 is 0 Å². The maximum atomic E-state index is 3.35. The second-order valence-electron chi connectivity index (χ2n) is 4.13. The van der Waals surface area contributed by atoms with Crippen molar-refractivity contribution >= 4 is 0 Å². The molecule has 1 unspecified atom stereocenters. The Labute approximate surface area is 88.2 Å². The Hall–Kier alpha value is -0.740. The second kappa shape index (κ2) is 5.88. The molecule has 1 aliphatic carbocycles. The summed E-state index contributed by atoms with van der Waals surface area (Å²) < 4.78 is 0. The van der Waals surface area contributed by atoms with Gasteiger partial charge in [-0.25, -0.2) is 0 Å². The predicted octanol–water partition coefficient (Wildman–Crippen LogP) is 2.83. The van der Waals surface area contributed by atoms with E-state index in [1.54, 1.807) is 0 Å². The van der Waals surface area contributed by atoms with Crippen LogP contribution in [-0.4, -0.2) is 25.0 Å². The number of rotatable bonds is 2. The molecular formula is C13H21N. The van der Waals surface area contributed by atoms with E-state index < -0.39 is 0 Å². The molecule has 0 saturated heterocycles. The van der Waals surface area contributed by atoms with Gasteiger partial charge in [0, 0.05) is 0 Å². The molecule has 14 heavy (non-hydrogen) atoms. The summed E-state index contributed by atoms with van der Waals surface area (Å²) in [6, 6.07) is 0.415. The van der Waals surface area contributed by atoms with Gasteiger partial charge in [-0.15, -0.1) is 0 Å². The van der Waals surface area contributed by atoms with Crippen LogP contribution in [0.15, 0.2) is 11.6 Å². The normalized spacial score (nSPS) is 18.4. The molecule has 78 valence electrons. The van der Waals surface area contributed by atoms with E-state index in [-0.39, 0.29) is 0 Å². The Bertz CT molecular complexity index is 252. The van der Waals surface area contributed by atoms with Crippen molar-refractivity contribution < 1.29 is 0 Å². The highest BCUT2D eigenvalue weighted by molar-refractivity contribution is 5.31. The van der Waals surface area contributed by atoms with Crippen LogP contribution in [-0.2, 0) is 0 Å². The zero-order valence-electron chi connectivity index (χ0n) is 9.64. The first-order valence-corrected chi connectivity index (χ1v) is 5.61. The van der Waals surface area contributed by atoms with Crippen molar-refractivity contribution in [1.29, 1.82) is 0 Å². The number of nitrogens with zero attached hydrogens (tertiary/aromatic N) is 1. The summed E-state index contributed by atoms with van der Waals surface area (Å²) in [6.07, 6.45) is 8.49. The summed E-state index contributed by atoms with van der Waals surface area (Å²) in [7, 11) is 4.19. The molecule has 1 atom stereocenters. The van der Waals surface area contributed by atoms with Crippen molar-refractivity contribution in [3.05, 3.63) is 11.6 Å². The first-order valence-electron chi connectivity index (χ1n) is 5.61. The Morgan fingerprint density at radius 3 is 2.71 bits per heavy atom. The van der Waals surface area contributed by atoms with Crippen LogP contribution in [0.2, 0.25) is 0 Å². The molecule has 0 aromatic rings. The van der Waals surface area contributed by atoms with Crippen LogP contribution in [0, 0.1) is 11.8 Å². The lowest BCUT2D eigenvalue weighted by molar-refractivity contribution is 0.345. The summed E-state index contributed by atoms with van der Waals surface area (Å²) in [5, 5.41) is 0. The van der Waals surface area contributed by atoms with Crippen LogP contribution in [0.3, 0.4) is 0 Å². The van der Waals surface area contributed by atoms with Gasteiger partial charge in [0.25, 0.3) is 0 Å². The largest absolute Gasteiger partial charge is 0.296 e. The first-order chi connectivity index (χ1) is 6.74. The van der Waals surface area contributed by atoms with Gasteiger partial charge in [-0.3, -0.25) is 4.90 Å². The summed E-state index contributed by atoms with van der Waals surface area (Å²) in [5.74, 6) is 6.67. The van der Waals surface area contributed by atoms with Gasteiger partial charge in [0.2, 0.25) is 0 Å². The third-order valence-electron chi connectivity index (χ3n) is 2.70. The van der Waals surface area contributed by atoms with E-state index in [0.717, 1.165) is 6.42 Å². The third-order valence-corrected chi connectivity index (χ3v) is 2.70. The number of hydrogen-bond donors (Lipinski definition) is 0. The fraction of sp³-hybridized carbons (Fsp3) is 0.692. The van der Waals surface area contributed by atoms with Crippen LogP contribution >= 0.6 is 0 Å². The average molecular weight is 191 g/mol. The fourth-order valence-corrected chi connectivity index (χ4v) is 1.72. The third kappa shape index (κ3) is 3.55. The summed E-state index contributed by atoms with van der Waals surface area (Å²) in [5.41, 5.74) is 1.36. The minimum atomic E-state index is 0.415. The lowest BCUT2D eigenvalue weighted by atomic mass is 10.00. The van der Waals surface area contributed by atoms with Crippen molar-refractivity contribution in [1.82, 2.24) is 4.90 Å². The van der Waals surface area contributed by atoms with Gasteiger partial charge < -0.3 is 0 Å². The van der Waals surface area contributed by atoms with Gasteiger partial charge in [-0.05, 0) is 51.8 Å². The molecule has 1 rings (SSSR count). The van der Waals surface area contributed by atoms with E-state index in [1.165, 1.54) is 31.3 Å². The Morgan fingerprint density at radius 1 is 1.43 bits per heavy atom. The lowest BCUT2D eigenvalue weighted by Gasteiger charge is -2.16. The van der Waals surface area contributed by atoms with E-state index >= 15 is 0 Å². The molecule has 0 aromatic carbocycles. The SMILES string of the molecule is CCC(C#CC1=CCCCC1)N(C)C. The molecular weight excluding hydrogens is 170 g/mol. The molecule has 1 nitrogen and oxygen atoms in total. The molecule has 0 aliphatic heterocycles. The first kappa shape index (κ1) is 11.3. The highest BCUT2D eigenvalue weighted by Gasteiger charge is 2.04. The van der Waals surface area contributed by atoms with Crippen LogP contribution in [0.5, 0.6) is 0 Å². The van der Waals surface area contributed by atoms with Gasteiger partial charge in [-0.1, -0.05) is 24.8 Å². The minimum Gasteiger partial charge on any atom is -0.296 e. The van der Waals surface area contributed by atoms with Crippen molar-refractivity contribution in [3.8, 4) is 11.8 Å². The topological polar surface area (TPSA) is 3.24 Å². The van der Waals surface area contributed by atoms with Crippen LogP contribution in [0.1, 0.15) is 39.0 Å². The molecule has 1 heteroatoms. The van der Waals surface area contributed by atoms with Gasteiger partial charge in [-0.2, -0.15) is 0 Å². The molecule has 0 aromatic heterocycles. The smallest absolute Gasteiger partial charge is 0.0710 e. The Kier molecular flexibility index (Phi) is 4.76.